The van der Waals surface area contributed by atoms with Gasteiger partial charge >= 0.3 is 0 Å². The molecule has 1 aromatic carbocycles. The molecule has 5 nitrogen and oxygen atoms in total. The Kier molecular flexibility index (Phi) is 5.62. The second kappa shape index (κ2) is 7.07. The van der Waals surface area contributed by atoms with Crippen molar-refractivity contribution in [3.8, 4) is 0 Å². The van der Waals surface area contributed by atoms with E-state index < -0.39 is 10.0 Å². The minimum absolute atomic E-state index is 0.0245. The molecule has 0 bridgehead atoms. The Morgan fingerprint density at radius 2 is 2.24 bits per heavy atom. The Hall–Kier alpha value is -0.660. The van der Waals surface area contributed by atoms with Crippen molar-refractivity contribution in [3.63, 3.8) is 0 Å². The van der Waals surface area contributed by atoms with Crippen molar-refractivity contribution in [2.75, 3.05) is 26.3 Å². The van der Waals surface area contributed by atoms with E-state index in [0.29, 0.717) is 5.92 Å². The fourth-order valence-electron chi connectivity index (χ4n) is 2.61. The van der Waals surface area contributed by atoms with Crippen molar-refractivity contribution in [2.24, 2.45) is 11.1 Å². The van der Waals surface area contributed by atoms with Crippen molar-refractivity contribution in [1.29, 1.82) is 0 Å². The second-order valence-corrected chi connectivity index (χ2v) is 7.30. The van der Waals surface area contributed by atoms with E-state index in [0.717, 1.165) is 44.8 Å². The topological polar surface area (TPSA) is 72.6 Å². The SMILES string of the molecule is CCOC[C@H]1CCN(Cc2ccc(S(N)(=O)=O)c(Cl)c2)C1. The Labute approximate surface area is 131 Å². The summed E-state index contributed by atoms with van der Waals surface area (Å²) in [5.41, 5.74) is 0.990. The molecule has 21 heavy (non-hydrogen) atoms. The summed E-state index contributed by atoms with van der Waals surface area (Å²) in [6, 6.07) is 4.92. The molecule has 0 spiro atoms. The van der Waals surface area contributed by atoms with Gasteiger partial charge in [-0.3, -0.25) is 4.90 Å². The summed E-state index contributed by atoms with van der Waals surface area (Å²) in [4.78, 5) is 2.30. The first kappa shape index (κ1) is 16.7. The highest BCUT2D eigenvalue weighted by Gasteiger charge is 2.23. The van der Waals surface area contributed by atoms with Crippen molar-refractivity contribution in [1.82, 2.24) is 4.90 Å². The molecule has 0 unspecified atom stereocenters. The molecule has 0 aliphatic carbocycles. The third-order valence-electron chi connectivity index (χ3n) is 3.64. The highest BCUT2D eigenvalue weighted by Crippen LogP contribution is 2.24. The smallest absolute Gasteiger partial charge is 0.239 e. The number of halogens is 1. The van der Waals surface area contributed by atoms with Gasteiger partial charge in [0.05, 0.1) is 11.6 Å². The van der Waals surface area contributed by atoms with E-state index >= 15 is 0 Å². The molecule has 2 N–H and O–H groups in total. The molecular formula is C14H21ClN2O3S. The van der Waals surface area contributed by atoms with E-state index in [4.69, 9.17) is 21.5 Å². The van der Waals surface area contributed by atoms with Gasteiger partial charge < -0.3 is 4.74 Å². The van der Waals surface area contributed by atoms with Crippen LogP contribution in [0.15, 0.2) is 23.1 Å². The highest BCUT2D eigenvalue weighted by atomic mass is 35.5. The molecule has 0 aromatic heterocycles. The van der Waals surface area contributed by atoms with E-state index in [1.165, 1.54) is 6.07 Å². The van der Waals surface area contributed by atoms with Crippen LogP contribution in [0.1, 0.15) is 18.9 Å². The predicted molar refractivity (Wildman–Crippen MR) is 82.7 cm³/mol. The fraction of sp³-hybridized carbons (Fsp3) is 0.571. The Bertz CT molecular complexity index is 592. The monoisotopic (exact) mass is 332 g/mol. The van der Waals surface area contributed by atoms with Crippen molar-refractivity contribution in [2.45, 2.75) is 24.8 Å². The number of hydrogen-bond donors (Lipinski definition) is 1. The first-order valence-electron chi connectivity index (χ1n) is 7.01. The molecule has 1 atom stereocenters. The lowest BCUT2D eigenvalue weighted by Crippen LogP contribution is -2.21. The summed E-state index contributed by atoms with van der Waals surface area (Å²) in [5.74, 6) is 0.573. The van der Waals surface area contributed by atoms with Gasteiger partial charge in [-0.25, -0.2) is 13.6 Å². The minimum Gasteiger partial charge on any atom is -0.381 e. The molecule has 7 heteroatoms. The van der Waals surface area contributed by atoms with Gasteiger partial charge in [-0.05, 0) is 43.5 Å². The Morgan fingerprint density at radius 1 is 1.48 bits per heavy atom. The molecule has 118 valence electrons. The maximum absolute atomic E-state index is 11.3. The normalized spacial score (nSPS) is 20.0. The second-order valence-electron chi connectivity index (χ2n) is 5.36. The van der Waals surface area contributed by atoms with Crippen LogP contribution >= 0.6 is 11.6 Å². The van der Waals surface area contributed by atoms with Crippen molar-refractivity contribution < 1.29 is 13.2 Å². The van der Waals surface area contributed by atoms with Crippen LogP contribution in [0.5, 0.6) is 0 Å². The zero-order valence-electron chi connectivity index (χ0n) is 12.1. The van der Waals surface area contributed by atoms with Gasteiger partial charge in [-0.15, -0.1) is 0 Å². The van der Waals surface area contributed by atoms with Gasteiger partial charge in [0.2, 0.25) is 10.0 Å². The Morgan fingerprint density at radius 3 is 2.86 bits per heavy atom. The molecule has 1 saturated heterocycles. The van der Waals surface area contributed by atoms with Crippen LogP contribution in [-0.4, -0.2) is 39.6 Å². The van der Waals surface area contributed by atoms with E-state index in [2.05, 4.69) is 4.90 Å². The number of nitrogens with two attached hydrogens (primary N) is 1. The van der Waals surface area contributed by atoms with Crippen LogP contribution in [0.25, 0.3) is 0 Å². The van der Waals surface area contributed by atoms with Gasteiger partial charge in [0.1, 0.15) is 4.90 Å². The van der Waals surface area contributed by atoms with Crippen LogP contribution in [-0.2, 0) is 21.3 Å². The molecule has 1 aliphatic heterocycles. The van der Waals surface area contributed by atoms with Gasteiger partial charge in [0, 0.05) is 19.7 Å². The average molecular weight is 333 g/mol. The number of benzene rings is 1. The number of primary sulfonamides is 1. The zero-order valence-corrected chi connectivity index (χ0v) is 13.7. The van der Waals surface area contributed by atoms with Crippen LogP contribution in [0.4, 0.5) is 0 Å². The van der Waals surface area contributed by atoms with E-state index in [1.807, 2.05) is 6.92 Å². The van der Waals surface area contributed by atoms with Gasteiger partial charge in [-0.2, -0.15) is 0 Å². The standard InChI is InChI=1S/C14H21ClN2O3S/c1-2-20-10-12-5-6-17(9-12)8-11-3-4-14(13(15)7-11)21(16,18)19/h3-4,7,12H,2,5-6,8-10H2,1H3,(H2,16,18,19)/t12-/m0/s1. The number of sulfonamides is 1. The number of hydrogen-bond acceptors (Lipinski definition) is 4. The lowest BCUT2D eigenvalue weighted by Gasteiger charge is -2.16. The number of rotatable bonds is 6. The molecule has 0 amide bonds. The molecule has 2 rings (SSSR count). The number of likely N-dealkylation sites (tertiary alicyclic amines) is 1. The quantitative estimate of drug-likeness (QED) is 0.862. The first-order chi connectivity index (χ1) is 9.90. The van der Waals surface area contributed by atoms with Gasteiger partial charge in [-0.1, -0.05) is 17.7 Å². The maximum atomic E-state index is 11.3. The summed E-state index contributed by atoms with van der Waals surface area (Å²) in [6.07, 6.45) is 1.13. The largest absolute Gasteiger partial charge is 0.381 e. The van der Waals surface area contributed by atoms with Gasteiger partial charge in [0.15, 0.2) is 0 Å². The average Bonchev–Trinajstić information content (AvgIpc) is 2.82. The molecular weight excluding hydrogens is 312 g/mol. The third kappa shape index (κ3) is 4.66. The number of nitrogens with zero attached hydrogens (tertiary/aromatic N) is 1. The summed E-state index contributed by atoms with van der Waals surface area (Å²) < 4.78 is 28.1. The van der Waals surface area contributed by atoms with Crippen molar-refractivity contribution >= 4 is 21.6 Å². The lowest BCUT2D eigenvalue weighted by molar-refractivity contribution is 0.111. The summed E-state index contributed by atoms with van der Waals surface area (Å²) in [5, 5.41) is 5.28. The lowest BCUT2D eigenvalue weighted by atomic mass is 10.1. The van der Waals surface area contributed by atoms with Crippen LogP contribution in [0.2, 0.25) is 5.02 Å². The minimum atomic E-state index is -3.76. The molecule has 1 heterocycles. The highest BCUT2D eigenvalue weighted by molar-refractivity contribution is 7.89. The molecule has 1 aromatic rings. The summed E-state index contributed by atoms with van der Waals surface area (Å²) in [7, 11) is -3.76. The van der Waals surface area contributed by atoms with E-state index in [-0.39, 0.29) is 9.92 Å². The Balaban J connectivity index is 1.97. The summed E-state index contributed by atoms with van der Waals surface area (Å²) >= 11 is 6.00. The first-order valence-corrected chi connectivity index (χ1v) is 8.94. The van der Waals surface area contributed by atoms with Crippen LogP contribution in [0, 0.1) is 5.92 Å². The maximum Gasteiger partial charge on any atom is 0.239 e. The molecule has 1 aliphatic rings. The molecule has 1 fully saturated rings. The molecule has 0 saturated carbocycles. The fourth-order valence-corrected chi connectivity index (χ4v) is 3.72. The third-order valence-corrected chi connectivity index (χ3v) is 5.03. The predicted octanol–water partition coefficient (Wildman–Crippen LogP) is 1.85. The van der Waals surface area contributed by atoms with Crippen LogP contribution < -0.4 is 5.14 Å². The summed E-state index contributed by atoms with van der Waals surface area (Å²) in [6.45, 7) is 6.33. The van der Waals surface area contributed by atoms with Gasteiger partial charge in [0.25, 0.3) is 0 Å². The van der Waals surface area contributed by atoms with Crippen molar-refractivity contribution in [3.05, 3.63) is 28.8 Å². The van der Waals surface area contributed by atoms with Crippen LogP contribution in [0.3, 0.4) is 0 Å². The molecule has 0 radical (unpaired) electrons. The van der Waals surface area contributed by atoms with E-state index in [1.54, 1.807) is 12.1 Å². The zero-order chi connectivity index (χ0) is 15.5. The van der Waals surface area contributed by atoms with E-state index in [9.17, 15) is 8.42 Å². The number of ether oxygens (including phenoxy) is 1.